The summed E-state index contributed by atoms with van der Waals surface area (Å²) >= 11 is 0. The highest BCUT2D eigenvalue weighted by Gasteiger charge is 2.27. The van der Waals surface area contributed by atoms with E-state index >= 15 is 0 Å². The normalized spacial score (nSPS) is 23.7. The standard InChI is InChI=1S/C12H26N4O/c1-12(2,13-3)11(17)14-8-10-9-15(4)6-7-16(10)5/h10,13H,6-9H2,1-5H3,(H,14,17). The van der Waals surface area contributed by atoms with E-state index in [1.54, 1.807) is 7.05 Å². The van der Waals surface area contributed by atoms with Crippen LogP contribution in [0, 0.1) is 0 Å². The summed E-state index contributed by atoms with van der Waals surface area (Å²) in [4.78, 5) is 16.5. The average molecular weight is 242 g/mol. The first-order chi connectivity index (χ1) is 7.86. The van der Waals surface area contributed by atoms with E-state index in [-0.39, 0.29) is 5.91 Å². The van der Waals surface area contributed by atoms with Crippen molar-refractivity contribution in [3.05, 3.63) is 0 Å². The van der Waals surface area contributed by atoms with Gasteiger partial charge in [0.25, 0.3) is 0 Å². The summed E-state index contributed by atoms with van der Waals surface area (Å²) in [6.07, 6.45) is 0. The van der Waals surface area contributed by atoms with Crippen molar-refractivity contribution in [1.29, 1.82) is 0 Å². The lowest BCUT2D eigenvalue weighted by Gasteiger charge is -2.38. The van der Waals surface area contributed by atoms with Gasteiger partial charge in [-0.15, -0.1) is 0 Å². The summed E-state index contributed by atoms with van der Waals surface area (Å²) in [5.41, 5.74) is -0.501. The van der Waals surface area contributed by atoms with Crippen molar-refractivity contribution < 1.29 is 4.79 Å². The molecule has 0 aromatic rings. The average Bonchev–Trinajstić information content (AvgIpc) is 2.29. The molecular weight excluding hydrogens is 216 g/mol. The zero-order valence-corrected chi connectivity index (χ0v) is 11.7. The Bertz CT molecular complexity index is 267. The Morgan fingerprint density at radius 1 is 1.35 bits per heavy atom. The predicted octanol–water partition coefficient (Wildman–Crippen LogP) is -0.654. The molecule has 5 heteroatoms. The van der Waals surface area contributed by atoms with E-state index in [0.717, 1.165) is 19.6 Å². The van der Waals surface area contributed by atoms with E-state index in [0.29, 0.717) is 12.6 Å². The second kappa shape index (κ2) is 5.80. The van der Waals surface area contributed by atoms with Gasteiger partial charge in [-0.3, -0.25) is 9.69 Å². The Labute approximate surface area is 105 Å². The van der Waals surface area contributed by atoms with Crippen LogP contribution in [0.1, 0.15) is 13.8 Å². The monoisotopic (exact) mass is 242 g/mol. The molecule has 5 nitrogen and oxygen atoms in total. The number of carbonyl (C=O) groups is 1. The molecule has 1 rings (SSSR count). The number of hydrogen-bond acceptors (Lipinski definition) is 4. The lowest BCUT2D eigenvalue weighted by atomic mass is 10.0. The molecule has 2 N–H and O–H groups in total. The molecule has 17 heavy (non-hydrogen) atoms. The van der Waals surface area contributed by atoms with Crippen molar-refractivity contribution in [2.75, 3.05) is 47.3 Å². The zero-order chi connectivity index (χ0) is 13.1. The van der Waals surface area contributed by atoms with Crippen LogP contribution >= 0.6 is 0 Å². The number of nitrogens with zero attached hydrogens (tertiary/aromatic N) is 2. The van der Waals surface area contributed by atoms with E-state index in [1.807, 2.05) is 13.8 Å². The van der Waals surface area contributed by atoms with Gasteiger partial charge in [-0.25, -0.2) is 0 Å². The highest BCUT2D eigenvalue weighted by atomic mass is 16.2. The molecule has 0 saturated carbocycles. The SMILES string of the molecule is CNC(C)(C)C(=O)NCC1CN(C)CCN1C. The van der Waals surface area contributed by atoms with Crippen molar-refractivity contribution in [2.24, 2.45) is 0 Å². The minimum atomic E-state index is -0.501. The summed E-state index contributed by atoms with van der Waals surface area (Å²) in [6.45, 7) is 7.66. The second-order valence-electron chi connectivity index (χ2n) is 5.48. The molecule has 0 aromatic carbocycles. The summed E-state index contributed by atoms with van der Waals surface area (Å²) < 4.78 is 0. The quantitative estimate of drug-likeness (QED) is 0.687. The molecule has 0 aliphatic carbocycles. The van der Waals surface area contributed by atoms with Crippen LogP contribution in [0.4, 0.5) is 0 Å². The first kappa shape index (κ1) is 14.4. The number of hydrogen-bond donors (Lipinski definition) is 2. The van der Waals surface area contributed by atoms with Gasteiger partial charge >= 0.3 is 0 Å². The molecular formula is C12H26N4O. The van der Waals surface area contributed by atoms with Crippen LogP contribution in [0.2, 0.25) is 0 Å². The van der Waals surface area contributed by atoms with Gasteiger partial charge in [0.15, 0.2) is 0 Å². The number of piperazine rings is 1. The first-order valence-electron chi connectivity index (χ1n) is 6.23. The van der Waals surface area contributed by atoms with Gasteiger partial charge in [-0.2, -0.15) is 0 Å². The molecule has 1 atom stereocenters. The summed E-state index contributed by atoms with van der Waals surface area (Å²) in [6, 6.07) is 0.408. The van der Waals surface area contributed by atoms with Gasteiger partial charge in [0.05, 0.1) is 5.54 Å². The van der Waals surface area contributed by atoms with Gasteiger partial charge in [-0.1, -0.05) is 0 Å². The van der Waals surface area contributed by atoms with Crippen LogP contribution in [0.5, 0.6) is 0 Å². The highest BCUT2D eigenvalue weighted by molar-refractivity contribution is 5.85. The van der Waals surface area contributed by atoms with Crippen molar-refractivity contribution in [3.63, 3.8) is 0 Å². The van der Waals surface area contributed by atoms with E-state index < -0.39 is 5.54 Å². The number of nitrogens with one attached hydrogen (secondary N) is 2. The number of rotatable bonds is 4. The third kappa shape index (κ3) is 3.94. The van der Waals surface area contributed by atoms with Crippen LogP contribution in [0.15, 0.2) is 0 Å². The largest absolute Gasteiger partial charge is 0.353 e. The van der Waals surface area contributed by atoms with Crippen LogP contribution in [0.25, 0.3) is 0 Å². The van der Waals surface area contributed by atoms with Crippen LogP contribution in [-0.2, 0) is 4.79 Å². The van der Waals surface area contributed by atoms with Gasteiger partial charge in [0, 0.05) is 32.2 Å². The van der Waals surface area contributed by atoms with Gasteiger partial charge in [0.1, 0.15) is 0 Å². The summed E-state index contributed by atoms with van der Waals surface area (Å²) in [7, 11) is 6.05. The van der Waals surface area contributed by atoms with Crippen molar-refractivity contribution in [3.8, 4) is 0 Å². The van der Waals surface area contributed by atoms with Crippen LogP contribution < -0.4 is 10.6 Å². The lowest BCUT2D eigenvalue weighted by molar-refractivity contribution is -0.126. The van der Waals surface area contributed by atoms with E-state index in [2.05, 4.69) is 34.5 Å². The van der Waals surface area contributed by atoms with Gasteiger partial charge < -0.3 is 15.5 Å². The lowest BCUT2D eigenvalue weighted by Crippen LogP contribution is -2.57. The van der Waals surface area contributed by atoms with E-state index in [9.17, 15) is 4.79 Å². The third-order valence-corrected chi connectivity index (χ3v) is 3.67. The molecule has 0 radical (unpaired) electrons. The molecule has 1 unspecified atom stereocenters. The minimum absolute atomic E-state index is 0.0571. The fourth-order valence-corrected chi connectivity index (χ4v) is 1.87. The molecule has 1 heterocycles. The molecule has 1 aliphatic rings. The molecule has 0 aromatic heterocycles. The van der Waals surface area contributed by atoms with Crippen molar-refractivity contribution in [1.82, 2.24) is 20.4 Å². The van der Waals surface area contributed by atoms with E-state index in [4.69, 9.17) is 0 Å². The topological polar surface area (TPSA) is 47.6 Å². The maximum Gasteiger partial charge on any atom is 0.239 e. The highest BCUT2D eigenvalue weighted by Crippen LogP contribution is 2.06. The second-order valence-corrected chi connectivity index (χ2v) is 5.48. The number of amides is 1. The van der Waals surface area contributed by atoms with E-state index in [1.165, 1.54) is 0 Å². The van der Waals surface area contributed by atoms with Gasteiger partial charge in [-0.05, 0) is 35.0 Å². The van der Waals surface area contributed by atoms with Crippen LogP contribution in [-0.4, -0.2) is 74.6 Å². The van der Waals surface area contributed by atoms with Crippen molar-refractivity contribution >= 4 is 5.91 Å². The summed E-state index contributed by atoms with van der Waals surface area (Å²) in [5.74, 6) is 0.0571. The number of carbonyl (C=O) groups excluding carboxylic acids is 1. The Morgan fingerprint density at radius 2 is 2.00 bits per heavy atom. The Hall–Kier alpha value is -0.650. The fourth-order valence-electron chi connectivity index (χ4n) is 1.87. The molecule has 100 valence electrons. The maximum atomic E-state index is 11.9. The predicted molar refractivity (Wildman–Crippen MR) is 70.1 cm³/mol. The van der Waals surface area contributed by atoms with Crippen LogP contribution in [0.3, 0.4) is 0 Å². The number of likely N-dealkylation sites (N-methyl/N-ethyl adjacent to an activating group) is 3. The molecule has 0 bridgehead atoms. The molecule has 1 saturated heterocycles. The Kier molecular flexibility index (Phi) is 4.91. The van der Waals surface area contributed by atoms with Crippen molar-refractivity contribution in [2.45, 2.75) is 25.4 Å². The fraction of sp³-hybridized carbons (Fsp3) is 0.917. The van der Waals surface area contributed by atoms with Gasteiger partial charge in [0.2, 0.25) is 5.91 Å². The molecule has 0 spiro atoms. The Morgan fingerprint density at radius 3 is 2.59 bits per heavy atom. The smallest absolute Gasteiger partial charge is 0.239 e. The molecule has 1 amide bonds. The third-order valence-electron chi connectivity index (χ3n) is 3.67. The molecule has 1 aliphatic heterocycles. The zero-order valence-electron chi connectivity index (χ0n) is 11.7. The minimum Gasteiger partial charge on any atom is -0.353 e. The first-order valence-corrected chi connectivity index (χ1v) is 6.23. The summed E-state index contributed by atoms with van der Waals surface area (Å²) in [5, 5.41) is 6.04. The molecule has 1 fully saturated rings. The Balaban J connectivity index is 2.42. The maximum absolute atomic E-state index is 11.9.